The number of hydrogen-bond donors (Lipinski definition) is 1. The number of benzene rings is 1. The molecule has 0 spiro atoms. The summed E-state index contributed by atoms with van der Waals surface area (Å²) in [7, 11) is -3.18. The second-order valence-corrected chi connectivity index (χ2v) is 7.50. The van der Waals surface area contributed by atoms with E-state index < -0.39 is 16.1 Å². The molecule has 0 saturated carbocycles. The van der Waals surface area contributed by atoms with Crippen LogP contribution in [0.3, 0.4) is 0 Å². The summed E-state index contributed by atoms with van der Waals surface area (Å²) >= 11 is 0. The van der Waals surface area contributed by atoms with Crippen molar-refractivity contribution < 1.29 is 13.2 Å². The molecule has 1 amide bonds. The van der Waals surface area contributed by atoms with E-state index in [0.717, 1.165) is 0 Å². The van der Waals surface area contributed by atoms with Gasteiger partial charge in [-0.05, 0) is 19.1 Å². The molecular formula is C15H20N4O3S. The monoisotopic (exact) mass is 336 g/mol. The summed E-state index contributed by atoms with van der Waals surface area (Å²) in [5.41, 5.74) is 0.900. The molecule has 1 aliphatic heterocycles. The van der Waals surface area contributed by atoms with Gasteiger partial charge in [-0.15, -0.1) is 0 Å². The number of anilines is 1. The second-order valence-electron chi connectivity index (χ2n) is 5.52. The summed E-state index contributed by atoms with van der Waals surface area (Å²) in [6, 6.07) is 8.46. The number of carbonyl (C=O) groups is 1. The van der Waals surface area contributed by atoms with Crippen LogP contribution in [0.4, 0.5) is 5.69 Å². The Hall–Kier alpha value is -1.95. The van der Waals surface area contributed by atoms with Gasteiger partial charge in [-0.3, -0.25) is 9.69 Å². The molecule has 1 fully saturated rings. The first kappa shape index (κ1) is 17.4. The smallest absolute Gasteiger partial charge is 0.241 e. The highest BCUT2D eigenvalue weighted by molar-refractivity contribution is 7.88. The summed E-state index contributed by atoms with van der Waals surface area (Å²) in [6.45, 7) is 3.54. The van der Waals surface area contributed by atoms with Crippen molar-refractivity contribution in [3.05, 3.63) is 29.8 Å². The molecule has 0 bridgehead atoms. The first-order valence-electron chi connectivity index (χ1n) is 7.32. The van der Waals surface area contributed by atoms with Gasteiger partial charge in [0.05, 0.1) is 23.5 Å². The largest absolute Gasteiger partial charge is 0.324 e. The van der Waals surface area contributed by atoms with Gasteiger partial charge in [0.2, 0.25) is 15.9 Å². The van der Waals surface area contributed by atoms with Crippen LogP contribution in [0.5, 0.6) is 0 Å². The number of para-hydroxylation sites is 1. The molecule has 0 aromatic heterocycles. The molecule has 1 aliphatic rings. The van der Waals surface area contributed by atoms with Crippen molar-refractivity contribution in [3.8, 4) is 6.07 Å². The predicted octanol–water partition coefficient (Wildman–Crippen LogP) is 0.462. The molecule has 0 unspecified atom stereocenters. The number of nitriles is 1. The minimum Gasteiger partial charge on any atom is -0.324 e. The average molecular weight is 336 g/mol. The highest BCUT2D eigenvalue weighted by Gasteiger charge is 2.29. The number of sulfonamides is 1. The Balaban J connectivity index is 1.97. The van der Waals surface area contributed by atoms with Crippen LogP contribution in [-0.2, 0) is 14.8 Å². The minimum atomic E-state index is -3.18. The Bertz CT molecular complexity index is 718. The first-order valence-corrected chi connectivity index (χ1v) is 9.17. The molecule has 1 N–H and O–H groups in total. The van der Waals surface area contributed by atoms with Crippen LogP contribution in [0, 0.1) is 11.3 Å². The van der Waals surface area contributed by atoms with Gasteiger partial charge < -0.3 is 5.32 Å². The molecule has 8 heteroatoms. The maximum atomic E-state index is 12.4. The SMILES string of the molecule is C[C@@H](C(=O)Nc1ccccc1C#N)N1CCN(S(C)(=O)=O)CC1. The lowest BCUT2D eigenvalue weighted by Crippen LogP contribution is -2.53. The third-order valence-corrected chi connectivity index (χ3v) is 5.28. The van der Waals surface area contributed by atoms with Gasteiger partial charge in [-0.1, -0.05) is 12.1 Å². The van der Waals surface area contributed by atoms with Crippen LogP contribution in [0.15, 0.2) is 24.3 Å². The number of hydrogen-bond acceptors (Lipinski definition) is 5. The van der Waals surface area contributed by atoms with Gasteiger partial charge in [0, 0.05) is 26.2 Å². The van der Waals surface area contributed by atoms with E-state index in [1.54, 1.807) is 31.2 Å². The third kappa shape index (κ3) is 4.28. The summed E-state index contributed by atoms with van der Waals surface area (Å²) in [5.74, 6) is -0.208. The minimum absolute atomic E-state index is 0.208. The highest BCUT2D eigenvalue weighted by atomic mass is 32.2. The molecule has 1 heterocycles. The van der Waals surface area contributed by atoms with Gasteiger partial charge in [0.15, 0.2) is 0 Å². The summed E-state index contributed by atoms with van der Waals surface area (Å²) < 4.78 is 24.4. The molecule has 0 aliphatic carbocycles. The number of nitrogens with one attached hydrogen (secondary N) is 1. The van der Waals surface area contributed by atoms with Crippen molar-refractivity contribution in [3.63, 3.8) is 0 Å². The van der Waals surface area contributed by atoms with Crippen molar-refractivity contribution >= 4 is 21.6 Å². The predicted molar refractivity (Wildman–Crippen MR) is 87.2 cm³/mol. The van der Waals surface area contributed by atoms with E-state index in [1.807, 2.05) is 11.0 Å². The summed E-state index contributed by atoms with van der Waals surface area (Å²) in [6.07, 6.45) is 1.19. The van der Waals surface area contributed by atoms with Gasteiger partial charge in [0.1, 0.15) is 6.07 Å². The maximum absolute atomic E-state index is 12.4. The summed E-state index contributed by atoms with van der Waals surface area (Å²) in [5, 5.41) is 11.8. The lowest BCUT2D eigenvalue weighted by molar-refractivity contribution is -0.121. The second kappa shape index (κ2) is 7.08. The lowest BCUT2D eigenvalue weighted by Gasteiger charge is -2.36. The topological polar surface area (TPSA) is 93.5 Å². The van der Waals surface area contributed by atoms with Crippen LogP contribution in [0.25, 0.3) is 0 Å². The fourth-order valence-corrected chi connectivity index (χ4v) is 3.34. The van der Waals surface area contributed by atoms with E-state index in [1.165, 1.54) is 10.6 Å². The van der Waals surface area contributed by atoms with Crippen LogP contribution in [-0.4, -0.2) is 62.0 Å². The molecular weight excluding hydrogens is 316 g/mol. The fourth-order valence-electron chi connectivity index (χ4n) is 2.52. The van der Waals surface area contributed by atoms with Gasteiger partial charge in [0.25, 0.3) is 0 Å². The Morgan fingerprint density at radius 1 is 1.26 bits per heavy atom. The number of piperazine rings is 1. The van der Waals surface area contributed by atoms with E-state index in [9.17, 15) is 13.2 Å². The molecule has 1 atom stereocenters. The van der Waals surface area contributed by atoms with Crippen molar-refractivity contribution in [2.45, 2.75) is 13.0 Å². The Kier molecular flexibility index (Phi) is 5.36. The van der Waals surface area contributed by atoms with Crippen LogP contribution in [0.1, 0.15) is 12.5 Å². The molecule has 0 radical (unpaired) electrons. The van der Waals surface area contributed by atoms with Gasteiger partial charge >= 0.3 is 0 Å². The Labute approximate surface area is 136 Å². The molecule has 23 heavy (non-hydrogen) atoms. The van der Waals surface area contributed by atoms with Crippen molar-refractivity contribution in [1.82, 2.24) is 9.21 Å². The first-order chi connectivity index (χ1) is 10.8. The average Bonchev–Trinajstić information content (AvgIpc) is 2.54. The van der Waals surface area contributed by atoms with E-state index in [4.69, 9.17) is 5.26 Å². The molecule has 2 rings (SSSR count). The van der Waals surface area contributed by atoms with E-state index in [2.05, 4.69) is 5.32 Å². The number of carbonyl (C=O) groups excluding carboxylic acids is 1. The van der Waals surface area contributed by atoms with E-state index in [-0.39, 0.29) is 5.91 Å². The van der Waals surface area contributed by atoms with E-state index in [0.29, 0.717) is 37.4 Å². The zero-order valence-electron chi connectivity index (χ0n) is 13.2. The molecule has 1 saturated heterocycles. The molecule has 124 valence electrons. The molecule has 7 nitrogen and oxygen atoms in total. The molecule has 1 aromatic carbocycles. The van der Waals surface area contributed by atoms with Crippen LogP contribution in [0.2, 0.25) is 0 Å². The maximum Gasteiger partial charge on any atom is 0.241 e. The lowest BCUT2D eigenvalue weighted by atomic mass is 10.1. The van der Waals surface area contributed by atoms with Crippen LogP contribution >= 0.6 is 0 Å². The Morgan fingerprint density at radius 3 is 2.43 bits per heavy atom. The zero-order valence-corrected chi connectivity index (χ0v) is 14.0. The van der Waals surface area contributed by atoms with Gasteiger partial charge in [-0.2, -0.15) is 9.57 Å². The fraction of sp³-hybridized carbons (Fsp3) is 0.467. The number of amides is 1. The summed E-state index contributed by atoms with van der Waals surface area (Å²) in [4.78, 5) is 14.3. The standard InChI is InChI=1S/C15H20N4O3S/c1-12(18-7-9-19(10-8-18)23(2,21)22)15(20)17-14-6-4-3-5-13(14)11-16/h3-6,12H,7-10H2,1-2H3,(H,17,20)/t12-/m0/s1. The number of nitrogens with zero attached hydrogens (tertiary/aromatic N) is 3. The van der Waals surface area contributed by atoms with Crippen molar-refractivity contribution in [1.29, 1.82) is 5.26 Å². The Morgan fingerprint density at radius 2 is 1.87 bits per heavy atom. The zero-order chi connectivity index (χ0) is 17.0. The highest BCUT2D eigenvalue weighted by Crippen LogP contribution is 2.15. The number of rotatable bonds is 4. The third-order valence-electron chi connectivity index (χ3n) is 3.97. The van der Waals surface area contributed by atoms with Gasteiger partial charge in [-0.25, -0.2) is 8.42 Å². The van der Waals surface area contributed by atoms with E-state index >= 15 is 0 Å². The van der Waals surface area contributed by atoms with Crippen LogP contribution < -0.4 is 5.32 Å². The normalized spacial score (nSPS) is 18.1. The van der Waals surface area contributed by atoms with Crippen molar-refractivity contribution in [2.24, 2.45) is 0 Å². The van der Waals surface area contributed by atoms with Crippen molar-refractivity contribution in [2.75, 3.05) is 37.8 Å². The molecule has 1 aromatic rings. The quantitative estimate of drug-likeness (QED) is 0.862.